The van der Waals surface area contributed by atoms with Crippen LogP contribution in [0.5, 0.6) is 0 Å². The molecule has 0 saturated heterocycles. The lowest BCUT2D eigenvalue weighted by Gasteiger charge is -2.37. The van der Waals surface area contributed by atoms with Crippen LogP contribution in [-0.4, -0.2) is 91.8 Å². The molecule has 318 valence electrons. The van der Waals surface area contributed by atoms with Crippen LogP contribution in [0.4, 0.5) is 0 Å². The van der Waals surface area contributed by atoms with Crippen molar-refractivity contribution in [3.63, 3.8) is 0 Å². The molecule has 4 aromatic carbocycles. The van der Waals surface area contributed by atoms with Crippen LogP contribution in [0.15, 0.2) is 83.8 Å². The number of fused-ring (bicyclic) bond motifs is 2. The number of aromatic nitrogens is 2. The van der Waals surface area contributed by atoms with Gasteiger partial charge in [0.05, 0.1) is 39.5 Å². The molecule has 6 rings (SSSR count). The quantitative estimate of drug-likeness (QED) is 0.0866. The molecule has 0 bridgehead atoms. The number of carbonyl (C=O) groups excluding carboxylic acids is 3. The lowest BCUT2D eigenvalue weighted by molar-refractivity contribution is 0.0323. The number of hydrogen-bond acceptors (Lipinski definition) is 8. The van der Waals surface area contributed by atoms with Gasteiger partial charge in [0, 0.05) is 55.9 Å². The first-order valence-corrected chi connectivity index (χ1v) is 22.5. The van der Waals surface area contributed by atoms with Gasteiger partial charge in [-0.1, -0.05) is 92.4 Å². The number of hydrogen-bond donors (Lipinski definition) is 1. The van der Waals surface area contributed by atoms with Gasteiger partial charge in [-0.2, -0.15) is 5.10 Å². The molecular formula is C45H51Cl2N5O7S. The van der Waals surface area contributed by atoms with Crippen molar-refractivity contribution in [2.75, 3.05) is 40.0 Å². The fourth-order valence-corrected chi connectivity index (χ4v) is 8.76. The number of amides is 3. The molecule has 12 nitrogen and oxygen atoms in total. The highest BCUT2D eigenvalue weighted by Crippen LogP contribution is 2.31. The summed E-state index contributed by atoms with van der Waals surface area (Å²) in [5.74, 6) is -1.71. The summed E-state index contributed by atoms with van der Waals surface area (Å²) in [6, 6.07) is 21.4. The molecule has 1 aliphatic rings. The van der Waals surface area contributed by atoms with Gasteiger partial charge in [-0.15, -0.1) is 0 Å². The summed E-state index contributed by atoms with van der Waals surface area (Å²) in [5.41, 5.74) is 2.74. The van der Waals surface area contributed by atoms with Crippen molar-refractivity contribution < 1.29 is 32.3 Å². The van der Waals surface area contributed by atoms with Crippen LogP contribution in [0.3, 0.4) is 0 Å². The van der Waals surface area contributed by atoms with Gasteiger partial charge in [-0.05, 0) is 85.5 Å². The largest absolute Gasteiger partial charge is 0.385 e. The molecule has 0 radical (unpaired) electrons. The van der Waals surface area contributed by atoms with Crippen molar-refractivity contribution in [3.05, 3.63) is 123 Å². The number of sulfonamides is 1. The smallest absolute Gasteiger partial charge is 0.275 e. The molecular weight excluding hydrogens is 825 g/mol. The highest BCUT2D eigenvalue weighted by atomic mass is 35.5. The van der Waals surface area contributed by atoms with Crippen LogP contribution in [-0.2, 0) is 32.5 Å². The average Bonchev–Trinajstić information content (AvgIpc) is 3.55. The van der Waals surface area contributed by atoms with E-state index in [4.69, 9.17) is 37.8 Å². The third-order valence-corrected chi connectivity index (χ3v) is 12.8. The molecule has 2 heterocycles. The molecule has 1 aliphatic heterocycles. The Morgan fingerprint density at radius 1 is 0.900 bits per heavy atom. The predicted octanol–water partition coefficient (Wildman–Crippen LogP) is 8.42. The number of nitrogens with zero attached hydrogens (tertiary/aromatic N) is 4. The highest BCUT2D eigenvalue weighted by Gasteiger charge is 2.34. The second-order valence-electron chi connectivity index (χ2n) is 14.9. The Labute approximate surface area is 361 Å². The minimum Gasteiger partial charge on any atom is -0.385 e. The van der Waals surface area contributed by atoms with E-state index in [1.54, 1.807) is 48.1 Å². The van der Waals surface area contributed by atoms with Crippen LogP contribution in [0.2, 0.25) is 10.0 Å². The van der Waals surface area contributed by atoms with E-state index >= 15 is 4.79 Å². The Hall–Kier alpha value is -4.79. The third-order valence-electron chi connectivity index (χ3n) is 10.7. The van der Waals surface area contributed by atoms with Gasteiger partial charge < -0.3 is 19.3 Å². The van der Waals surface area contributed by atoms with Gasteiger partial charge in [-0.3, -0.25) is 14.4 Å². The summed E-state index contributed by atoms with van der Waals surface area (Å²) in [6.45, 7) is 8.38. The van der Waals surface area contributed by atoms with Crippen molar-refractivity contribution in [3.8, 4) is 5.69 Å². The number of ether oxygens (including phenoxy) is 2. The second-order valence-corrected chi connectivity index (χ2v) is 17.4. The van der Waals surface area contributed by atoms with E-state index in [0.717, 1.165) is 42.2 Å². The minimum atomic E-state index is -4.39. The van der Waals surface area contributed by atoms with E-state index in [0.29, 0.717) is 55.2 Å². The maximum atomic E-state index is 15.1. The third kappa shape index (κ3) is 10.0. The summed E-state index contributed by atoms with van der Waals surface area (Å²) < 4.78 is 42.2. The first-order valence-electron chi connectivity index (χ1n) is 20.3. The normalized spacial score (nSPS) is 14.0. The fraction of sp³-hybridized carbons (Fsp3) is 0.378. The lowest BCUT2D eigenvalue weighted by Crippen LogP contribution is -2.47. The van der Waals surface area contributed by atoms with Gasteiger partial charge in [0.2, 0.25) is 0 Å². The predicted molar refractivity (Wildman–Crippen MR) is 234 cm³/mol. The Morgan fingerprint density at radius 3 is 2.35 bits per heavy atom. The van der Waals surface area contributed by atoms with Crippen molar-refractivity contribution >= 4 is 61.7 Å². The Balaban J connectivity index is 1.41. The highest BCUT2D eigenvalue weighted by molar-refractivity contribution is 7.90. The topological polar surface area (TPSA) is 140 Å². The average molecular weight is 877 g/mol. The Kier molecular flexibility index (Phi) is 15.1. The number of halogens is 2. The Morgan fingerprint density at radius 2 is 1.63 bits per heavy atom. The van der Waals surface area contributed by atoms with Gasteiger partial charge >= 0.3 is 0 Å². The molecule has 1 aromatic heterocycles. The van der Waals surface area contributed by atoms with Crippen LogP contribution in [0.25, 0.3) is 16.5 Å². The van der Waals surface area contributed by atoms with Crippen LogP contribution in [0.1, 0.15) is 94.0 Å². The number of unbranched alkanes of at least 4 members (excludes halogenated alkanes) is 2. The standard InChI is InChI=1S/C45H51Cl2N5O7S/c1-5-7-21-50(22-8-6-2)45(55)42-41(47)30(3)52(48-42)40-20-18-33(43(53)49-60(56,57)36-19-17-31-15-11-16-39(46)37(31)27-36)26-38(40)44(54)51-28-34-14-10-9-13-32(34)25-35(51)29-59-24-12-23-58-4/h9-11,13-20,26-27,35H,5-8,12,21-25,28-29H2,1-4H3,(H,49,53)/t35-/m0/s1. The molecule has 60 heavy (non-hydrogen) atoms. The first-order chi connectivity index (χ1) is 28.9. The zero-order valence-electron chi connectivity index (χ0n) is 34.4. The van der Waals surface area contributed by atoms with E-state index in [1.807, 2.05) is 24.3 Å². The summed E-state index contributed by atoms with van der Waals surface area (Å²) in [6.07, 6.45) is 4.64. The van der Waals surface area contributed by atoms with Crippen molar-refractivity contribution in [2.45, 2.75) is 76.8 Å². The summed E-state index contributed by atoms with van der Waals surface area (Å²) >= 11 is 13.3. The first kappa shape index (κ1) is 44.8. The van der Waals surface area contributed by atoms with E-state index in [2.05, 4.69) is 18.6 Å². The Bertz CT molecular complexity index is 2470. The van der Waals surface area contributed by atoms with Crippen molar-refractivity contribution in [2.24, 2.45) is 0 Å². The number of carbonyl (C=O) groups is 3. The van der Waals surface area contributed by atoms with Gasteiger partial charge in [-0.25, -0.2) is 17.8 Å². The lowest BCUT2D eigenvalue weighted by atomic mass is 9.93. The van der Waals surface area contributed by atoms with Gasteiger partial charge in [0.25, 0.3) is 27.7 Å². The molecule has 0 fully saturated rings. The molecule has 0 saturated carbocycles. The van der Waals surface area contributed by atoms with Crippen molar-refractivity contribution in [1.82, 2.24) is 24.3 Å². The van der Waals surface area contributed by atoms with Crippen LogP contribution >= 0.6 is 23.2 Å². The summed E-state index contributed by atoms with van der Waals surface area (Å²) in [7, 11) is -2.76. The van der Waals surface area contributed by atoms with Crippen molar-refractivity contribution in [1.29, 1.82) is 0 Å². The number of rotatable bonds is 18. The maximum absolute atomic E-state index is 15.1. The zero-order chi connectivity index (χ0) is 43.0. The molecule has 15 heteroatoms. The van der Waals surface area contributed by atoms with Crippen LogP contribution in [0, 0.1) is 6.92 Å². The molecule has 0 spiro atoms. The van der Waals surface area contributed by atoms with Gasteiger partial charge in [0.1, 0.15) is 0 Å². The van der Waals surface area contributed by atoms with E-state index in [-0.39, 0.29) is 57.5 Å². The van der Waals surface area contributed by atoms with Gasteiger partial charge in [0.15, 0.2) is 5.69 Å². The van der Waals surface area contributed by atoms with E-state index in [1.165, 1.54) is 35.0 Å². The fourth-order valence-electron chi connectivity index (χ4n) is 7.32. The number of benzene rings is 4. The molecule has 0 unspecified atom stereocenters. The van der Waals surface area contributed by atoms with E-state index in [9.17, 15) is 18.0 Å². The van der Waals surface area contributed by atoms with E-state index < -0.39 is 21.8 Å². The molecule has 5 aromatic rings. The molecule has 0 aliphatic carbocycles. The zero-order valence-corrected chi connectivity index (χ0v) is 36.7. The minimum absolute atomic E-state index is 0.0522. The number of methoxy groups -OCH3 is 1. The molecule has 3 amide bonds. The maximum Gasteiger partial charge on any atom is 0.275 e. The monoisotopic (exact) mass is 875 g/mol. The summed E-state index contributed by atoms with van der Waals surface area (Å²) in [5, 5.41) is 6.48. The molecule has 1 atom stereocenters. The SMILES string of the molecule is CCCCN(CCCC)C(=O)c1nn(-c2ccc(C(=O)NS(=O)(=O)c3ccc4cccc(Cl)c4c3)cc2C(=O)N2Cc3ccccc3C[C@H]2COCCCOC)c(C)c1Cl. The van der Waals surface area contributed by atoms with Crippen LogP contribution < -0.4 is 4.72 Å². The summed E-state index contributed by atoms with van der Waals surface area (Å²) in [4.78, 5) is 46.3. The second kappa shape index (κ2) is 20.2. The molecule has 1 N–H and O–H groups in total. The number of nitrogens with one attached hydrogen (secondary N) is 1.